The third kappa shape index (κ3) is 5.50. The van der Waals surface area contributed by atoms with E-state index in [0.717, 1.165) is 16.7 Å². The number of amides is 1. The number of nitrogens with one attached hydrogen (secondary N) is 1. The van der Waals surface area contributed by atoms with Gasteiger partial charge in [-0.15, -0.1) is 0 Å². The minimum Gasteiger partial charge on any atom is -0.482 e. The second-order valence-electron chi connectivity index (χ2n) is 5.68. The lowest BCUT2D eigenvalue weighted by Crippen LogP contribution is -2.24. The van der Waals surface area contributed by atoms with Gasteiger partial charge >= 0.3 is 5.97 Å². The average Bonchev–Trinajstić information content (AvgIpc) is 2.58. The summed E-state index contributed by atoms with van der Waals surface area (Å²) < 4.78 is 10.4. The zero-order chi connectivity index (χ0) is 18.4. The Balaban J connectivity index is 1.80. The van der Waals surface area contributed by atoms with Crippen molar-refractivity contribution < 1.29 is 19.1 Å². The Morgan fingerprint density at radius 1 is 1.08 bits per heavy atom. The van der Waals surface area contributed by atoms with Gasteiger partial charge in [0.05, 0.1) is 0 Å². The van der Waals surface area contributed by atoms with Gasteiger partial charge in [0.15, 0.2) is 13.2 Å². The van der Waals surface area contributed by atoms with E-state index in [1.807, 2.05) is 32.0 Å². The lowest BCUT2D eigenvalue weighted by Gasteiger charge is -2.11. The molecule has 0 atom stereocenters. The molecular formula is C19H20ClNO4. The molecule has 2 aromatic carbocycles. The fourth-order valence-corrected chi connectivity index (χ4v) is 2.29. The molecule has 0 spiro atoms. The van der Waals surface area contributed by atoms with Gasteiger partial charge in [0.2, 0.25) is 0 Å². The molecule has 0 heterocycles. The van der Waals surface area contributed by atoms with E-state index in [2.05, 4.69) is 5.32 Å². The van der Waals surface area contributed by atoms with Crippen molar-refractivity contribution >= 4 is 29.2 Å². The van der Waals surface area contributed by atoms with Crippen molar-refractivity contribution in [2.75, 3.05) is 18.5 Å². The molecular weight excluding hydrogens is 342 g/mol. The molecule has 2 aromatic rings. The van der Waals surface area contributed by atoms with Crippen molar-refractivity contribution in [1.82, 2.24) is 0 Å². The molecule has 25 heavy (non-hydrogen) atoms. The smallest absolute Gasteiger partial charge is 0.344 e. The highest BCUT2D eigenvalue weighted by Crippen LogP contribution is 2.22. The summed E-state index contributed by atoms with van der Waals surface area (Å²) >= 11 is 5.99. The number of rotatable bonds is 6. The first kappa shape index (κ1) is 18.8. The van der Waals surface area contributed by atoms with Gasteiger partial charge in [-0.3, -0.25) is 4.79 Å². The standard InChI is InChI=1S/C19H20ClNO4/c1-12-7-8-13(2)17(9-12)24-11-19(23)25-10-18(22)21-16-6-4-5-15(20)14(16)3/h4-9H,10-11H2,1-3H3,(H,21,22). The van der Waals surface area contributed by atoms with E-state index >= 15 is 0 Å². The van der Waals surface area contributed by atoms with E-state index in [9.17, 15) is 9.59 Å². The van der Waals surface area contributed by atoms with Crippen LogP contribution in [0.25, 0.3) is 0 Å². The number of esters is 1. The lowest BCUT2D eigenvalue weighted by molar-refractivity contribution is -0.149. The van der Waals surface area contributed by atoms with Crippen LogP contribution in [0.15, 0.2) is 36.4 Å². The van der Waals surface area contributed by atoms with E-state index in [4.69, 9.17) is 21.1 Å². The predicted octanol–water partition coefficient (Wildman–Crippen LogP) is 3.83. The summed E-state index contributed by atoms with van der Waals surface area (Å²) in [7, 11) is 0. The monoisotopic (exact) mass is 361 g/mol. The number of carbonyl (C=O) groups is 2. The zero-order valence-electron chi connectivity index (χ0n) is 14.4. The summed E-state index contributed by atoms with van der Waals surface area (Å²) in [6, 6.07) is 10.9. The van der Waals surface area contributed by atoms with Crippen LogP contribution in [0.1, 0.15) is 16.7 Å². The van der Waals surface area contributed by atoms with Crippen LogP contribution >= 0.6 is 11.6 Å². The van der Waals surface area contributed by atoms with Crippen LogP contribution in [0.4, 0.5) is 5.69 Å². The number of benzene rings is 2. The van der Waals surface area contributed by atoms with E-state index in [1.54, 1.807) is 25.1 Å². The molecule has 0 bridgehead atoms. The van der Waals surface area contributed by atoms with Gasteiger partial charge in [0.25, 0.3) is 5.91 Å². The highest BCUT2D eigenvalue weighted by Gasteiger charge is 2.11. The first-order valence-corrected chi connectivity index (χ1v) is 8.15. The van der Waals surface area contributed by atoms with Gasteiger partial charge in [0, 0.05) is 10.7 Å². The molecule has 0 aliphatic carbocycles. The molecule has 0 aliphatic heterocycles. The van der Waals surface area contributed by atoms with Gasteiger partial charge in [-0.2, -0.15) is 0 Å². The zero-order valence-corrected chi connectivity index (χ0v) is 15.1. The molecule has 0 saturated carbocycles. The predicted molar refractivity (Wildman–Crippen MR) is 97.2 cm³/mol. The fourth-order valence-electron chi connectivity index (χ4n) is 2.12. The number of hydrogen-bond acceptors (Lipinski definition) is 4. The molecule has 0 aromatic heterocycles. The molecule has 1 amide bonds. The normalized spacial score (nSPS) is 10.2. The van der Waals surface area contributed by atoms with Crippen LogP contribution in [-0.2, 0) is 14.3 Å². The Morgan fingerprint density at radius 3 is 2.60 bits per heavy atom. The second kappa shape index (κ2) is 8.53. The largest absolute Gasteiger partial charge is 0.482 e. The maximum atomic E-state index is 11.9. The summed E-state index contributed by atoms with van der Waals surface area (Å²) in [6.07, 6.45) is 0. The molecule has 0 aliphatic rings. The number of hydrogen-bond donors (Lipinski definition) is 1. The molecule has 132 valence electrons. The van der Waals surface area contributed by atoms with E-state index < -0.39 is 11.9 Å². The molecule has 2 rings (SSSR count). The van der Waals surface area contributed by atoms with Crippen LogP contribution in [-0.4, -0.2) is 25.1 Å². The number of halogens is 1. The summed E-state index contributed by atoms with van der Waals surface area (Å²) in [6.45, 7) is 4.98. The third-order valence-corrected chi connectivity index (χ3v) is 4.00. The van der Waals surface area contributed by atoms with Crippen molar-refractivity contribution in [2.24, 2.45) is 0 Å². The molecule has 0 radical (unpaired) electrons. The second-order valence-corrected chi connectivity index (χ2v) is 6.09. The highest BCUT2D eigenvalue weighted by atomic mass is 35.5. The Kier molecular flexibility index (Phi) is 6.42. The highest BCUT2D eigenvalue weighted by molar-refractivity contribution is 6.31. The van der Waals surface area contributed by atoms with Crippen LogP contribution < -0.4 is 10.1 Å². The van der Waals surface area contributed by atoms with Gasteiger partial charge in [-0.25, -0.2) is 4.79 Å². The van der Waals surface area contributed by atoms with Gasteiger partial charge in [0.1, 0.15) is 5.75 Å². The minimum absolute atomic E-state index is 0.256. The van der Waals surface area contributed by atoms with Crippen LogP contribution in [0, 0.1) is 20.8 Å². The lowest BCUT2D eigenvalue weighted by atomic mass is 10.1. The van der Waals surface area contributed by atoms with Crippen LogP contribution in [0.5, 0.6) is 5.75 Å². The van der Waals surface area contributed by atoms with Crippen molar-refractivity contribution in [3.8, 4) is 5.75 Å². The van der Waals surface area contributed by atoms with Gasteiger partial charge in [-0.1, -0.05) is 29.8 Å². The van der Waals surface area contributed by atoms with E-state index in [-0.39, 0.29) is 13.2 Å². The fraction of sp³-hybridized carbons (Fsp3) is 0.263. The van der Waals surface area contributed by atoms with Gasteiger partial charge < -0.3 is 14.8 Å². The average molecular weight is 362 g/mol. The van der Waals surface area contributed by atoms with Gasteiger partial charge in [-0.05, 0) is 55.7 Å². The molecule has 0 unspecified atom stereocenters. The van der Waals surface area contributed by atoms with Crippen LogP contribution in [0.3, 0.4) is 0 Å². The quantitative estimate of drug-likeness (QED) is 0.794. The first-order valence-electron chi connectivity index (χ1n) is 7.77. The molecule has 0 saturated heterocycles. The maximum absolute atomic E-state index is 11.9. The summed E-state index contributed by atoms with van der Waals surface area (Å²) in [5, 5.41) is 3.21. The van der Waals surface area contributed by atoms with Crippen molar-refractivity contribution in [1.29, 1.82) is 0 Å². The van der Waals surface area contributed by atoms with E-state index in [0.29, 0.717) is 16.5 Å². The van der Waals surface area contributed by atoms with Crippen molar-refractivity contribution in [3.05, 3.63) is 58.1 Å². The maximum Gasteiger partial charge on any atom is 0.344 e. The SMILES string of the molecule is Cc1ccc(C)c(OCC(=O)OCC(=O)Nc2cccc(Cl)c2C)c1. The molecule has 0 fully saturated rings. The first-order chi connectivity index (χ1) is 11.9. The van der Waals surface area contributed by atoms with Crippen molar-refractivity contribution in [3.63, 3.8) is 0 Å². The minimum atomic E-state index is -0.612. The number of anilines is 1. The van der Waals surface area contributed by atoms with E-state index in [1.165, 1.54) is 0 Å². The Morgan fingerprint density at radius 2 is 1.84 bits per heavy atom. The summed E-state index contributed by atoms with van der Waals surface area (Å²) in [4.78, 5) is 23.6. The Labute approximate surface area is 151 Å². The Bertz CT molecular complexity index is 789. The topological polar surface area (TPSA) is 64.6 Å². The van der Waals surface area contributed by atoms with Crippen LogP contribution in [0.2, 0.25) is 5.02 Å². The molecule has 1 N–H and O–H groups in total. The molecule has 5 nitrogen and oxygen atoms in total. The number of ether oxygens (including phenoxy) is 2. The Hall–Kier alpha value is -2.53. The summed E-state index contributed by atoms with van der Waals surface area (Å²) in [5.74, 6) is -0.430. The molecule has 6 heteroatoms. The summed E-state index contributed by atoms with van der Waals surface area (Å²) in [5.41, 5.74) is 3.29. The van der Waals surface area contributed by atoms with Crippen molar-refractivity contribution in [2.45, 2.75) is 20.8 Å². The third-order valence-electron chi connectivity index (χ3n) is 3.60. The number of carbonyl (C=O) groups excluding carboxylic acids is 2. The number of aryl methyl sites for hydroxylation is 2.